The van der Waals surface area contributed by atoms with Crippen LogP contribution in [-0.2, 0) is 4.74 Å². The Labute approximate surface area is 155 Å². The number of carbonyl (C=O) groups is 2. The van der Waals surface area contributed by atoms with E-state index in [-0.39, 0.29) is 30.3 Å². The topological polar surface area (TPSA) is 58.6 Å². The van der Waals surface area contributed by atoms with E-state index in [1.807, 2.05) is 5.32 Å². The maximum absolute atomic E-state index is 13.6. The van der Waals surface area contributed by atoms with Crippen molar-refractivity contribution in [3.8, 4) is 0 Å². The number of hydrogen-bond acceptors (Lipinski definition) is 4. The van der Waals surface area contributed by atoms with E-state index >= 15 is 0 Å². The van der Waals surface area contributed by atoms with Crippen LogP contribution < -0.4 is 5.32 Å². The lowest BCUT2D eigenvalue weighted by Gasteiger charge is -2.15. The summed E-state index contributed by atoms with van der Waals surface area (Å²) >= 11 is 4.71. The quantitative estimate of drug-likeness (QED) is 0.371. The van der Waals surface area contributed by atoms with E-state index < -0.39 is 45.9 Å². The molecule has 0 atom stereocenters. The number of amides is 2. The molecule has 0 saturated heterocycles. The molecule has 1 N–H and O–H groups in total. The van der Waals surface area contributed by atoms with E-state index in [0.717, 1.165) is 4.90 Å². The minimum atomic E-state index is -1.67. The number of hydrogen-bond donors (Lipinski definition) is 1. The van der Waals surface area contributed by atoms with E-state index in [9.17, 15) is 27.2 Å². The molecule has 0 aliphatic carbocycles. The highest BCUT2D eigenvalue weighted by Crippen LogP contribution is 2.24. The molecule has 5 nitrogen and oxygen atoms in total. The molecule has 140 valence electrons. The molecular weight excluding hydrogens is 388 g/mol. The Morgan fingerprint density at radius 1 is 1.00 bits per heavy atom. The molecule has 1 heterocycles. The van der Waals surface area contributed by atoms with Crippen LogP contribution in [0.1, 0.15) is 20.7 Å². The fourth-order valence-corrected chi connectivity index (χ4v) is 2.68. The monoisotopic (exact) mass is 398 g/mol. The third-order valence-electron chi connectivity index (χ3n) is 3.77. The standard InChI is InChI=1S/C17H10F4N2O3S/c18-10-7-11(19)13(21)14(12(10)20)22-17(27)26-6-5-23-15(24)8-3-1-2-4-9(8)16(23)25/h1-4,7H,5-6H2,(H,22,27). The van der Waals surface area contributed by atoms with Gasteiger partial charge in [0.1, 0.15) is 12.3 Å². The van der Waals surface area contributed by atoms with Crippen LogP contribution in [0.3, 0.4) is 0 Å². The van der Waals surface area contributed by atoms with Gasteiger partial charge < -0.3 is 10.1 Å². The van der Waals surface area contributed by atoms with Crippen molar-refractivity contribution in [3.63, 3.8) is 0 Å². The van der Waals surface area contributed by atoms with Crippen LogP contribution >= 0.6 is 12.2 Å². The number of ether oxygens (including phenoxy) is 1. The Bertz CT molecular complexity index is 906. The first kappa shape index (κ1) is 18.8. The molecule has 2 aromatic rings. The molecule has 0 spiro atoms. The van der Waals surface area contributed by atoms with Crippen LogP contribution in [0.25, 0.3) is 0 Å². The summed E-state index contributed by atoms with van der Waals surface area (Å²) in [6.07, 6.45) is 0. The average molecular weight is 398 g/mol. The third kappa shape index (κ3) is 3.47. The van der Waals surface area contributed by atoms with Gasteiger partial charge in [0.25, 0.3) is 17.0 Å². The first-order valence-corrected chi connectivity index (χ1v) is 7.94. The van der Waals surface area contributed by atoms with Crippen LogP contribution in [0.15, 0.2) is 30.3 Å². The Kier molecular flexibility index (Phi) is 5.08. The predicted octanol–water partition coefficient (Wildman–Crippen LogP) is 3.25. The predicted molar refractivity (Wildman–Crippen MR) is 90.3 cm³/mol. The fourth-order valence-electron chi connectivity index (χ4n) is 2.49. The van der Waals surface area contributed by atoms with Crippen LogP contribution in [0.2, 0.25) is 0 Å². The van der Waals surface area contributed by atoms with Crippen LogP contribution in [-0.4, -0.2) is 35.0 Å². The van der Waals surface area contributed by atoms with Gasteiger partial charge in [0.05, 0.1) is 17.7 Å². The summed E-state index contributed by atoms with van der Waals surface area (Å²) in [5.41, 5.74) is -0.636. The SMILES string of the molecule is O=C1c2ccccc2C(=O)N1CCOC(=S)Nc1c(F)c(F)cc(F)c1F. The van der Waals surface area contributed by atoms with Gasteiger partial charge in [-0.15, -0.1) is 0 Å². The second-order valence-electron chi connectivity index (χ2n) is 5.41. The molecule has 0 saturated carbocycles. The number of benzene rings is 2. The molecule has 2 amide bonds. The smallest absolute Gasteiger partial charge is 0.261 e. The highest BCUT2D eigenvalue weighted by atomic mass is 32.1. The zero-order valence-corrected chi connectivity index (χ0v) is 14.2. The molecule has 3 rings (SSSR count). The largest absolute Gasteiger partial charge is 0.469 e. The lowest BCUT2D eigenvalue weighted by atomic mass is 10.1. The maximum Gasteiger partial charge on any atom is 0.261 e. The number of halogens is 4. The Hall–Kier alpha value is -3.01. The number of carbonyl (C=O) groups excluding carboxylic acids is 2. The first-order valence-electron chi connectivity index (χ1n) is 7.53. The van der Waals surface area contributed by atoms with Gasteiger partial charge in [0.15, 0.2) is 23.3 Å². The highest BCUT2D eigenvalue weighted by molar-refractivity contribution is 7.80. The van der Waals surface area contributed by atoms with E-state index in [4.69, 9.17) is 17.0 Å². The number of fused-ring (bicyclic) bond motifs is 1. The summed E-state index contributed by atoms with van der Waals surface area (Å²) < 4.78 is 58.4. The van der Waals surface area contributed by atoms with E-state index in [0.29, 0.717) is 0 Å². The van der Waals surface area contributed by atoms with Crippen molar-refractivity contribution in [2.75, 3.05) is 18.5 Å². The zero-order valence-electron chi connectivity index (χ0n) is 13.4. The zero-order chi connectivity index (χ0) is 19.7. The molecule has 0 bridgehead atoms. The fraction of sp³-hybridized carbons (Fsp3) is 0.118. The highest BCUT2D eigenvalue weighted by Gasteiger charge is 2.34. The van der Waals surface area contributed by atoms with Gasteiger partial charge in [-0.25, -0.2) is 17.6 Å². The van der Waals surface area contributed by atoms with Gasteiger partial charge in [0, 0.05) is 6.07 Å². The van der Waals surface area contributed by atoms with Crippen molar-refractivity contribution in [1.29, 1.82) is 0 Å². The lowest BCUT2D eigenvalue weighted by Crippen LogP contribution is -2.34. The summed E-state index contributed by atoms with van der Waals surface area (Å²) in [5.74, 6) is -7.57. The van der Waals surface area contributed by atoms with Crippen molar-refractivity contribution >= 4 is 34.9 Å². The van der Waals surface area contributed by atoms with Gasteiger partial charge in [-0.05, 0) is 24.4 Å². The van der Waals surface area contributed by atoms with E-state index in [1.165, 1.54) is 12.1 Å². The number of anilines is 1. The second kappa shape index (κ2) is 7.31. The minimum Gasteiger partial charge on any atom is -0.469 e. The number of nitrogens with zero attached hydrogens (tertiary/aromatic N) is 1. The number of nitrogens with one attached hydrogen (secondary N) is 1. The normalized spacial score (nSPS) is 13.0. The summed E-state index contributed by atoms with van der Waals surface area (Å²) in [4.78, 5) is 25.2. The molecule has 27 heavy (non-hydrogen) atoms. The van der Waals surface area contributed by atoms with Crippen molar-refractivity contribution in [2.45, 2.75) is 0 Å². The lowest BCUT2D eigenvalue weighted by molar-refractivity contribution is 0.0629. The Morgan fingerprint density at radius 2 is 1.52 bits per heavy atom. The first-order chi connectivity index (χ1) is 12.8. The average Bonchev–Trinajstić information content (AvgIpc) is 2.89. The van der Waals surface area contributed by atoms with Gasteiger partial charge in [0.2, 0.25) is 0 Å². The number of rotatable bonds is 4. The number of imide groups is 1. The van der Waals surface area contributed by atoms with Crippen LogP contribution in [0.4, 0.5) is 23.2 Å². The Morgan fingerprint density at radius 3 is 2.04 bits per heavy atom. The van der Waals surface area contributed by atoms with Gasteiger partial charge in [-0.1, -0.05) is 12.1 Å². The van der Waals surface area contributed by atoms with E-state index in [1.54, 1.807) is 12.1 Å². The molecular formula is C17H10F4N2O3S. The number of thiocarbonyl (C=S) groups is 1. The second-order valence-corrected chi connectivity index (χ2v) is 5.78. The van der Waals surface area contributed by atoms with Gasteiger partial charge in [-0.2, -0.15) is 0 Å². The molecule has 2 aromatic carbocycles. The van der Waals surface area contributed by atoms with Crippen LogP contribution in [0, 0.1) is 23.3 Å². The van der Waals surface area contributed by atoms with Crippen molar-refractivity contribution in [3.05, 3.63) is 64.7 Å². The van der Waals surface area contributed by atoms with Gasteiger partial charge in [-0.3, -0.25) is 14.5 Å². The summed E-state index contributed by atoms with van der Waals surface area (Å²) in [7, 11) is 0. The van der Waals surface area contributed by atoms with Crippen molar-refractivity contribution < 1.29 is 31.9 Å². The Balaban J connectivity index is 1.60. The molecule has 1 aliphatic heterocycles. The molecule has 0 unspecified atom stereocenters. The minimum absolute atomic E-state index is 0.0576. The van der Waals surface area contributed by atoms with Crippen molar-refractivity contribution in [1.82, 2.24) is 4.90 Å². The molecule has 0 radical (unpaired) electrons. The summed E-state index contributed by atoms with van der Waals surface area (Å²) in [6.45, 7) is -0.477. The molecule has 1 aliphatic rings. The molecule has 10 heteroatoms. The van der Waals surface area contributed by atoms with Crippen LogP contribution in [0.5, 0.6) is 0 Å². The maximum atomic E-state index is 13.6. The summed E-state index contributed by atoms with van der Waals surface area (Å²) in [6, 6.07) is 6.30. The summed E-state index contributed by atoms with van der Waals surface area (Å²) in [5, 5.41) is 1.33. The molecule has 0 aromatic heterocycles. The van der Waals surface area contributed by atoms with E-state index in [2.05, 4.69) is 0 Å². The van der Waals surface area contributed by atoms with Crippen molar-refractivity contribution in [2.24, 2.45) is 0 Å². The third-order valence-corrected chi connectivity index (χ3v) is 3.99. The van der Waals surface area contributed by atoms with Gasteiger partial charge >= 0.3 is 0 Å². The molecule has 0 fully saturated rings.